The Kier molecular flexibility index (Phi) is 3.96. The Labute approximate surface area is 104 Å². The normalized spacial score (nSPS) is 23.8. The zero-order chi connectivity index (χ0) is 12.3. The lowest BCUT2D eigenvalue weighted by Crippen LogP contribution is -2.43. The van der Waals surface area contributed by atoms with Crippen molar-refractivity contribution in [3.63, 3.8) is 0 Å². The maximum atomic E-state index is 11.2. The van der Waals surface area contributed by atoms with Crippen LogP contribution in [0.1, 0.15) is 13.3 Å². The molecule has 1 aromatic heterocycles. The fourth-order valence-electron chi connectivity index (χ4n) is 2.09. The number of carbonyl (C=O) groups is 1. The van der Waals surface area contributed by atoms with Crippen molar-refractivity contribution < 1.29 is 14.6 Å². The summed E-state index contributed by atoms with van der Waals surface area (Å²) in [6.45, 7) is 3.65. The summed E-state index contributed by atoms with van der Waals surface area (Å²) in [5.74, 6) is -1.24. The molecule has 1 aromatic rings. The number of carboxylic acids is 1. The zero-order valence-corrected chi connectivity index (χ0v) is 10.5. The number of aliphatic carboxylic acids is 1. The molecule has 2 atom stereocenters. The molecular formula is C11H16N2O3S. The molecule has 94 valence electrons. The van der Waals surface area contributed by atoms with Gasteiger partial charge >= 0.3 is 5.97 Å². The molecule has 0 bridgehead atoms. The molecule has 1 fully saturated rings. The van der Waals surface area contributed by atoms with E-state index in [4.69, 9.17) is 4.74 Å². The Morgan fingerprint density at radius 1 is 1.71 bits per heavy atom. The van der Waals surface area contributed by atoms with Gasteiger partial charge in [-0.3, -0.25) is 4.79 Å². The van der Waals surface area contributed by atoms with Crippen LogP contribution in [0.4, 0.5) is 5.13 Å². The molecular weight excluding hydrogens is 240 g/mol. The summed E-state index contributed by atoms with van der Waals surface area (Å²) in [5, 5.41) is 12.0. The lowest BCUT2D eigenvalue weighted by molar-refractivity contribution is -0.141. The number of nitrogens with zero attached hydrogens (tertiary/aromatic N) is 2. The first kappa shape index (κ1) is 12.3. The number of rotatable bonds is 5. The average Bonchev–Trinajstić information content (AvgIpc) is 2.96. The molecule has 2 rings (SSSR count). The minimum Gasteiger partial charge on any atom is -0.481 e. The SMILES string of the molecule is CCCN(c1nccs1)C1COCC1C(=O)O. The molecule has 0 amide bonds. The second-order valence-corrected chi connectivity index (χ2v) is 4.93. The largest absolute Gasteiger partial charge is 0.481 e. The number of hydrogen-bond acceptors (Lipinski definition) is 5. The highest BCUT2D eigenvalue weighted by Gasteiger charge is 2.38. The van der Waals surface area contributed by atoms with Crippen LogP contribution in [-0.2, 0) is 9.53 Å². The van der Waals surface area contributed by atoms with E-state index in [-0.39, 0.29) is 6.04 Å². The third kappa shape index (κ3) is 2.58. The van der Waals surface area contributed by atoms with E-state index < -0.39 is 11.9 Å². The Morgan fingerprint density at radius 3 is 3.12 bits per heavy atom. The van der Waals surface area contributed by atoms with Crippen molar-refractivity contribution in [3.8, 4) is 0 Å². The maximum Gasteiger partial charge on any atom is 0.311 e. The number of carboxylic acid groups (broad SMARTS) is 1. The average molecular weight is 256 g/mol. The van der Waals surface area contributed by atoms with Gasteiger partial charge in [-0.25, -0.2) is 4.98 Å². The predicted molar refractivity (Wildman–Crippen MR) is 65.5 cm³/mol. The topological polar surface area (TPSA) is 62.7 Å². The van der Waals surface area contributed by atoms with E-state index >= 15 is 0 Å². The minimum atomic E-state index is -0.787. The van der Waals surface area contributed by atoms with Crippen LogP contribution in [0.15, 0.2) is 11.6 Å². The lowest BCUT2D eigenvalue weighted by Gasteiger charge is -2.29. The molecule has 1 aliphatic rings. The van der Waals surface area contributed by atoms with Crippen LogP contribution in [0.5, 0.6) is 0 Å². The minimum absolute atomic E-state index is 0.0985. The second kappa shape index (κ2) is 5.46. The van der Waals surface area contributed by atoms with E-state index in [2.05, 4.69) is 16.8 Å². The summed E-state index contributed by atoms with van der Waals surface area (Å²) in [6.07, 6.45) is 2.71. The highest BCUT2D eigenvalue weighted by atomic mass is 32.1. The Balaban J connectivity index is 2.18. The van der Waals surface area contributed by atoms with Gasteiger partial charge in [-0.2, -0.15) is 0 Å². The van der Waals surface area contributed by atoms with Gasteiger partial charge in [0.25, 0.3) is 0 Å². The van der Waals surface area contributed by atoms with E-state index in [0.29, 0.717) is 13.2 Å². The van der Waals surface area contributed by atoms with Gasteiger partial charge < -0.3 is 14.7 Å². The molecule has 1 N–H and O–H groups in total. The van der Waals surface area contributed by atoms with Crippen molar-refractivity contribution in [2.45, 2.75) is 19.4 Å². The van der Waals surface area contributed by atoms with E-state index in [9.17, 15) is 9.90 Å². The van der Waals surface area contributed by atoms with Crippen LogP contribution in [0.2, 0.25) is 0 Å². The summed E-state index contributed by atoms with van der Waals surface area (Å²) >= 11 is 1.54. The van der Waals surface area contributed by atoms with Gasteiger partial charge in [0.05, 0.1) is 19.3 Å². The summed E-state index contributed by atoms with van der Waals surface area (Å²) < 4.78 is 5.31. The first-order chi connectivity index (χ1) is 8.24. The third-order valence-electron chi connectivity index (χ3n) is 2.90. The first-order valence-corrected chi connectivity index (χ1v) is 6.58. The monoisotopic (exact) mass is 256 g/mol. The van der Waals surface area contributed by atoms with Crippen molar-refractivity contribution in [1.29, 1.82) is 0 Å². The smallest absolute Gasteiger partial charge is 0.311 e. The quantitative estimate of drug-likeness (QED) is 0.864. The van der Waals surface area contributed by atoms with Crippen LogP contribution < -0.4 is 4.90 Å². The van der Waals surface area contributed by atoms with Crippen LogP contribution in [0.3, 0.4) is 0 Å². The molecule has 2 unspecified atom stereocenters. The number of anilines is 1. The number of ether oxygens (including phenoxy) is 1. The van der Waals surface area contributed by atoms with Gasteiger partial charge in [0.2, 0.25) is 0 Å². The summed E-state index contributed by atoms with van der Waals surface area (Å²) in [6, 6.07) is -0.0985. The molecule has 2 heterocycles. The molecule has 0 spiro atoms. The van der Waals surface area contributed by atoms with Crippen molar-refractivity contribution in [3.05, 3.63) is 11.6 Å². The molecule has 0 aliphatic carbocycles. The van der Waals surface area contributed by atoms with Crippen molar-refractivity contribution in [1.82, 2.24) is 4.98 Å². The van der Waals surface area contributed by atoms with Gasteiger partial charge in [0.1, 0.15) is 5.92 Å². The van der Waals surface area contributed by atoms with Crippen LogP contribution in [-0.4, -0.2) is 41.9 Å². The fraction of sp³-hybridized carbons (Fsp3) is 0.636. The van der Waals surface area contributed by atoms with Crippen LogP contribution in [0.25, 0.3) is 0 Å². The standard InChI is InChI=1S/C11H16N2O3S/c1-2-4-13(11-12-3-5-17-11)9-7-16-6-8(9)10(14)15/h3,5,8-9H,2,4,6-7H2,1H3,(H,14,15). The molecule has 0 aromatic carbocycles. The van der Waals surface area contributed by atoms with Gasteiger partial charge in [-0.1, -0.05) is 6.92 Å². The Bertz CT molecular complexity index is 369. The molecule has 17 heavy (non-hydrogen) atoms. The number of aromatic nitrogens is 1. The van der Waals surface area contributed by atoms with Gasteiger partial charge in [-0.15, -0.1) is 11.3 Å². The van der Waals surface area contributed by atoms with Crippen molar-refractivity contribution in [2.24, 2.45) is 5.92 Å². The summed E-state index contributed by atoms with van der Waals surface area (Å²) in [7, 11) is 0. The van der Waals surface area contributed by atoms with E-state index in [0.717, 1.165) is 18.1 Å². The predicted octanol–water partition coefficient (Wildman–Crippen LogP) is 1.46. The lowest BCUT2D eigenvalue weighted by atomic mass is 10.0. The second-order valence-electron chi connectivity index (χ2n) is 4.06. The van der Waals surface area contributed by atoms with Crippen molar-refractivity contribution >= 4 is 22.4 Å². The van der Waals surface area contributed by atoms with Crippen LogP contribution >= 0.6 is 11.3 Å². The van der Waals surface area contributed by atoms with Crippen LogP contribution in [0, 0.1) is 5.92 Å². The van der Waals surface area contributed by atoms with E-state index in [1.807, 2.05) is 5.38 Å². The molecule has 5 nitrogen and oxygen atoms in total. The Hall–Kier alpha value is -1.14. The Morgan fingerprint density at radius 2 is 2.53 bits per heavy atom. The maximum absolute atomic E-state index is 11.2. The zero-order valence-electron chi connectivity index (χ0n) is 9.70. The van der Waals surface area contributed by atoms with Gasteiger partial charge in [-0.05, 0) is 6.42 Å². The number of thiazole rings is 1. The highest BCUT2D eigenvalue weighted by molar-refractivity contribution is 7.13. The number of hydrogen-bond donors (Lipinski definition) is 1. The first-order valence-electron chi connectivity index (χ1n) is 5.70. The fourth-order valence-corrected chi connectivity index (χ4v) is 2.82. The molecule has 0 saturated carbocycles. The van der Waals surface area contributed by atoms with Crippen molar-refractivity contribution in [2.75, 3.05) is 24.7 Å². The van der Waals surface area contributed by atoms with E-state index in [1.54, 1.807) is 6.20 Å². The van der Waals surface area contributed by atoms with Gasteiger partial charge in [0, 0.05) is 18.1 Å². The molecule has 1 aliphatic heterocycles. The summed E-state index contributed by atoms with van der Waals surface area (Å²) in [5.41, 5.74) is 0. The van der Waals surface area contributed by atoms with E-state index in [1.165, 1.54) is 11.3 Å². The molecule has 6 heteroatoms. The molecule has 0 radical (unpaired) electrons. The van der Waals surface area contributed by atoms with Gasteiger partial charge in [0.15, 0.2) is 5.13 Å². The third-order valence-corrected chi connectivity index (χ3v) is 3.71. The summed E-state index contributed by atoms with van der Waals surface area (Å²) in [4.78, 5) is 17.5. The molecule has 1 saturated heterocycles. The highest BCUT2D eigenvalue weighted by Crippen LogP contribution is 2.27.